The molecular formula is C15H19N5. The van der Waals surface area contributed by atoms with Crippen LogP contribution in [0.1, 0.15) is 6.92 Å². The summed E-state index contributed by atoms with van der Waals surface area (Å²) < 4.78 is 0. The number of hydrogen-bond donors (Lipinski definition) is 2. The molecule has 2 aromatic rings. The van der Waals surface area contributed by atoms with Crippen molar-refractivity contribution in [1.82, 2.24) is 15.3 Å². The average molecular weight is 269 g/mol. The number of hydrogen-bond acceptors (Lipinski definition) is 5. The second kappa shape index (κ2) is 5.88. The molecule has 5 heteroatoms. The van der Waals surface area contributed by atoms with Gasteiger partial charge in [-0.1, -0.05) is 18.2 Å². The van der Waals surface area contributed by atoms with E-state index in [1.807, 2.05) is 36.4 Å². The lowest BCUT2D eigenvalue weighted by atomic mass is 10.2. The summed E-state index contributed by atoms with van der Waals surface area (Å²) in [4.78, 5) is 11.0. The second-order valence-corrected chi connectivity index (χ2v) is 5.05. The van der Waals surface area contributed by atoms with E-state index < -0.39 is 0 Å². The molecule has 1 fully saturated rings. The highest BCUT2D eigenvalue weighted by molar-refractivity contribution is 5.59. The highest BCUT2D eigenvalue weighted by atomic mass is 15.2. The van der Waals surface area contributed by atoms with Crippen LogP contribution in [-0.2, 0) is 0 Å². The molecule has 1 aromatic carbocycles. The van der Waals surface area contributed by atoms with Crippen LogP contribution in [0.4, 0.5) is 17.3 Å². The number of anilines is 3. The Kier molecular flexibility index (Phi) is 3.78. The van der Waals surface area contributed by atoms with Crippen LogP contribution in [0.25, 0.3) is 0 Å². The first-order valence-corrected chi connectivity index (χ1v) is 6.94. The van der Waals surface area contributed by atoms with E-state index in [1.165, 1.54) is 0 Å². The van der Waals surface area contributed by atoms with Crippen molar-refractivity contribution in [3.05, 3.63) is 42.7 Å². The Hall–Kier alpha value is -2.14. The van der Waals surface area contributed by atoms with Gasteiger partial charge in [0.2, 0.25) is 0 Å². The fourth-order valence-electron chi connectivity index (χ4n) is 2.40. The van der Waals surface area contributed by atoms with Gasteiger partial charge < -0.3 is 15.5 Å². The lowest BCUT2D eigenvalue weighted by Gasteiger charge is -2.32. The molecule has 1 aliphatic rings. The van der Waals surface area contributed by atoms with Gasteiger partial charge in [0.05, 0.1) is 0 Å². The third-order valence-corrected chi connectivity index (χ3v) is 3.39. The molecule has 5 nitrogen and oxygen atoms in total. The Bertz CT molecular complexity index is 557. The standard InChI is InChI=1S/C15H19N5/c1-12-10-20(8-7-16-12)15-9-14(17-11-18-15)19-13-5-3-2-4-6-13/h2-6,9,11-12,16H,7-8,10H2,1H3,(H,17,18,19). The zero-order valence-electron chi connectivity index (χ0n) is 11.6. The van der Waals surface area contributed by atoms with Crippen LogP contribution in [-0.4, -0.2) is 35.6 Å². The fraction of sp³-hybridized carbons (Fsp3) is 0.333. The van der Waals surface area contributed by atoms with Crippen LogP contribution in [0.2, 0.25) is 0 Å². The van der Waals surface area contributed by atoms with E-state index in [2.05, 4.69) is 32.4 Å². The molecule has 1 aromatic heterocycles. The normalized spacial score (nSPS) is 18.9. The number of nitrogens with zero attached hydrogens (tertiary/aromatic N) is 3. The van der Waals surface area contributed by atoms with E-state index >= 15 is 0 Å². The summed E-state index contributed by atoms with van der Waals surface area (Å²) >= 11 is 0. The van der Waals surface area contributed by atoms with Crippen molar-refractivity contribution in [3.63, 3.8) is 0 Å². The van der Waals surface area contributed by atoms with E-state index in [4.69, 9.17) is 0 Å². The minimum atomic E-state index is 0.490. The third-order valence-electron chi connectivity index (χ3n) is 3.39. The van der Waals surface area contributed by atoms with Gasteiger partial charge in [-0.15, -0.1) is 0 Å². The maximum Gasteiger partial charge on any atom is 0.135 e. The van der Waals surface area contributed by atoms with Crippen LogP contribution in [0.5, 0.6) is 0 Å². The summed E-state index contributed by atoms with van der Waals surface area (Å²) in [5.74, 6) is 1.80. The summed E-state index contributed by atoms with van der Waals surface area (Å²) in [6.07, 6.45) is 1.62. The lowest BCUT2D eigenvalue weighted by molar-refractivity contribution is 0.482. The molecule has 1 atom stereocenters. The van der Waals surface area contributed by atoms with Gasteiger partial charge in [0, 0.05) is 37.4 Å². The Labute approximate surface area is 119 Å². The van der Waals surface area contributed by atoms with Gasteiger partial charge in [-0.05, 0) is 19.1 Å². The van der Waals surface area contributed by atoms with Crippen LogP contribution in [0.3, 0.4) is 0 Å². The molecule has 20 heavy (non-hydrogen) atoms. The quantitative estimate of drug-likeness (QED) is 0.893. The largest absolute Gasteiger partial charge is 0.354 e. The third kappa shape index (κ3) is 3.05. The average Bonchev–Trinajstić information content (AvgIpc) is 2.49. The van der Waals surface area contributed by atoms with Gasteiger partial charge in [0.15, 0.2) is 0 Å². The minimum absolute atomic E-state index is 0.490. The highest BCUT2D eigenvalue weighted by Gasteiger charge is 2.17. The van der Waals surface area contributed by atoms with E-state index in [1.54, 1.807) is 6.33 Å². The van der Waals surface area contributed by atoms with Crippen molar-refractivity contribution in [1.29, 1.82) is 0 Å². The van der Waals surface area contributed by atoms with Gasteiger partial charge in [-0.2, -0.15) is 0 Å². The highest BCUT2D eigenvalue weighted by Crippen LogP contribution is 2.19. The van der Waals surface area contributed by atoms with Crippen LogP contribution >= 0.6 is 0 Å². The number of para-hydroxylation sites is 1. The van der Waals surface area contributed by atoms with E-state index in [9.17, 15) is 0 Å². The molecule has 0 radical (unpaired) electrons. The maximum atomic E-state index is 4.39. The maximum absolute atomic E-state index is 4.39. The first-order chi connectivity index (χ1) is 9.81. The zero-order chi connectivity index (χ0) is 13.8. The number of aromatic nitrogens is 2. The zero-order valence-corrected chi connectivity index (χ0v) is 11.6. The van der Waals surface area contributed by atoms with Gasteiger partial charge in [-0.3, -0.25) is 0 Å². The van der Waals surface area contributed by atoms with E-state index in [0.717, 1.165) is 37.0 Å². The summed E-state index contributed by atoms with van der Waals surface area (Å²) in [5.41, 5.74) is 1.03. The first-order valence-electron chi connectivity index (χ1n) is 6.94. The predicted molar refractivity (Wildman–Crippen MR) is 81.4 cm³/mol. The summed E-state index contributed by atoms with van der Waals surface area (Å²) in [5, 5.41) is 6.74. The van der Waals surface area contributed by atoms with E-state index in [-0.39, 0.29) is 0 Å². The van der Waals surface area contributed by atoms with Crippen molar-refractivity contribution in [3.8, 4) is 0 Å². The molecule has 1 aliphatic heterocycles. The number of benzene rings is 1. The Morgan fingerprint density at radius 2 is 2.10 bits per heavy atom. The van der Waals surface area contributed by atoms with Crippen molar-refractivity contribution >= 4 is 17.3 Å². The molecule has 1 saturated heterocycles. The lowest BCUT2D eigenvalue weighted by Crippen LogP contribution is -2.49. The smallest absolute Gasteiger partial charge is 0.135 e. The molecule has 0 spiro atoms. The molecule has 0 amide bonds. The summed E-state index contributed by atoms with van der Waals surface area (Å²) in [7, 11) is 0. The SMILES string of the molecule is CC1CN(c2cc(Nc3ccccc3)ncn2)CCN1. The molecule has 0 saturated carbocycles. The fourth-order valence-corrected chi connectivity index (χ4v) is 2.40. The van der Waals surface area contributed by atoms with Crippen molar-refractivity contribution < 1.29 is 0 Å². The Balaban J connectivity index is 1.75. The summed E-state index contributed by atoms with van der Waals surface area (Å²) in [6.45, 7) is 5.14. The molecule has 2 N–H and O–H groups in total. The monoisotopic (exact) mass is 269 g/mol. The molecule has 2 heterocycles. The van der Waals surface area contributed by atoms with Gasteiger partial charge in [-0.25, -0.2) is 9.97 Å². The predicted octanol–water partition coefficient (Wildman–Crippen LogP) is 2.02. The van der Waals surface area contributed by atoms with E-state index in [0.29, 0.717) is 6.04 Å². The van der Waals surface area contributed by atoms with Crippen molar-refractivity contribution in [2.24, 2.45) is 0 Å². The molecule has 0 aliphatic carbocycles. The first kappa shape index (κ1) is 12.9. The van der Waals surface area contributed by atoms with Crippen LogP contribution < -0.4 is 15.5 Å². The molecule has 104 valence electrons. The van der Waals surface area contributed by atoms with Crippen LogP contribution in [0.15, 0.2) is 42.7 Å². The van der Waals surface area contributed by atoms with Gasteiger partial charge >= 0.3 is 0 Å². The summed E-state index contributed by atoms with van der Waals surface area (Å²) in [6, 6.07) is 12.5. The van der Waals surface area contributed by atoms with Gasteiger partial charge in [0.1, 0.15) is 18.0 Å². The molecule has 3 rings (SSSR count). The van der Waals surface area contributed by atoms with Gasteiger partial charge in [0.25, 0.3) is 0 Å². The Morgan fingerprint density at radius 1 is 1.25 bits per heavy atom. The number of nitrogens with one attached hydrogen (secondary N) is 2. The number of piperazine rings is 1. The minimum Gasteiger partial charge on any atom is -0.354 e. The molecule has 1 unspecified atom stereocenters. The molecule has 0 bridgehead atoms. The number of rotatable bonds is 3. The van der Waals surface area contributed by atoms with Crippen molar-refractivity contribution in [2.45, 2.75) is 13.0 Å². The second-order valence-electron chi connectivity index (χ2n) is 5.05. The topological polar surface area (TPSA) is 53.1 Å². The van der Waals surface area contributed by atoms with Crippen LogP contribution in [0, 0.1) is 0 Å². The van der Waals surface area contributed by atoms with Crippen molar-refractivity contribution in [2.75, 3.05) is 29.9 Å². The molecular weight excluding hydrogens is 250 g/mol. The Morgan fingerprint density at radius 3 is 2.90 bits per heavy atom.